The van der Waals surface area contributed by atoms with Crippen LogP contribution < -0.4 is 5.32 Å². The van der Waals surface area contributed by atoms with Crippen molar-refractivity contribution >= 4 is 5.91 Å². The quantitative estimate of drug-likeness (QED) is 0.545. The molecule has 7 nitrogen and oxygen atoms in total. The number of amides is 1. The van der Waals surface area contributed by atoms with Crippen LogP contribution in [0.15, 0.2) is 65.6 Å². The Balaban J connectivity index is 1.39. The van der Waals surface area contributed by atoms with Crippen LogP contribution >= 0.6 is 0 Å². The van der Waals surface area contributed by atoms with Gasteiger partial charge in [-0.2, -0.15) is 4.98 Å². The van der Waals surface area contributed by atoms with Gasteiger partial charge >= 0.3 is 0 Å². The molecule has 0 bridgehead atoms. The first-order valence-corrected chi connectivity index (χ1v) is 9.01. The van der Waals surface area contributed by atoms with Crippen molar-refractivity contribution < 1.29 is 13.7 Å². The minimum absolute atomic E-state index is 0.118. The average Bonchev–Trinajstić information content (AvgIpc) is 3.36. The van der Waals surface area contributed by atoms with E-state index in [0.717, 1.165) is 11.1 Å². The van der Waals surface area contributed by atoms with Crippen molar-refractivity contribution in [3.05, 3.63) is 78.0 Å². The smallest absolute Gasteiger partial charge is 0.258 e. The monoisotopic (exact) mass is 391 g/mol. The topological polar surface area (TPSA) is 85.8 Å². The van der Waals surface area contributed by atoms with Gasteiger partial charge in [-0.05, 0) is 30.7 Å². The van der Waals surface area contributed by atoms with E-state index in [1.807, 2.05) is 31.2 Å². The van der Waals surface area contributed by atoms with E-state index >= 15 is 0 Å². The van der Waals surface area contributed by atoms with Gasteiger partial charge in [0, 0.05) is 18.3 Å². The molecule has 0 saturated heterocycles. The summed E-state index contributed by atoms with van der Waals surface area (Å²) in [6, 6.07) is 13.9. The van der Waals surface area contributed by atoms with Gasteiger partial charge < -0.3 is 14.4 Å². The third-order valence-corrected chi connectivity index (χ3v) is 4.26. The number of hydrogen-bond donors (Lipinski definition) is 1. The lowest BCUT2D eigenvalue weighted by molar-refractivity contribution is -0.121. The Bertz CT molecular complexity index is 1150. The summed E-state index contributed by atoms with van der Waals surface area (Å²) in [6.07, 6.45) is 3.19. The Morgan fingerprint density at radius 2 is 2.07 bits per heavy atom. The van der Waals surface area contributed by atoms with Gasteiger partial charge in [0.05, 0.1) is 6.33 Å². The number of imidazole rings is 1. The van der Waals surface area contributed by atoms with Crippen LogP contribution in [0.25, 0.3) is 23.0 Å². The number of nitrogens with one attached hydrogen (secondary N) is 1. The van der Waals surface area contributed by atoms with Crippen molar-refractivity contribution in [2.45, 2.75) is 20.0 Å². The maximum absolute atomic E-state index is 13.4. The van der Waals surface area contributed by atoms with Gasteiger partial charge in [0.15, 0.2) is 0 Å². The summed E-state index contributed by atoms with van der Waals surface area (Å²) in [5.41, 5.74) is 3.14. The Kier molecular flexibility index (Phi) is 5.15. The lowest BCUT2D eigenvalue weighted by Gasteiger charge is -2.06. The fourth-order valence-electron chi connectivity index (χ4n) is 2.87. The van der Waals surface area contributed by atoms with Gasteiger partial charge in [0.25, 0.3) is 5.89 Å². The highest BCUT2D eigenvalue weighted by molar-refractivity contribution is 5.75. The lowest BCUT2D eigenvalue weighted by Crippen LogP contribution is -2.26. The van der Waals surface area contributed by atoms with Crippen LogP contribution in [-0.4, -0.2) is 25.6 Å². The molecule has 0 saturated carbocycles. The summed E-state index contributed by atoms with van der Waals surface area (Å²) in [5, 5.41) is 6.77. The van der Waals surface area contributed by atoms with Gasteiger partial charge in [-0.3, -0.25) is 4.79 Å². The van der Waals surface area contributed by atoms with E-state index in [9.17, 15) is 9.18 Å². The number of rotatable bonds is 6. The van der Waals surface area contributed by atoms with Crippen LogP contribution in [0.4, 0.5) is 4.39 Å². The first-order chi connectivity index (χ1) is 14.1. The Morgan fingerprint density at radius 1 is 1.21 bits per heavy atom. The predicted molar refractivity (Wildman–Crippen MR) is 104 cm³/mol. The average molecular weight is 391 g/mol. The number of hydrogen-bond acceptors (Lipinski definition) is 5. The fraction of sp³-hybridized carbons (Fsp3) is 0.143. The molecule has 0 aliphatic carbocycles. The van der Waals surface area contributed by atoms with Crippen molar-refractivity contribution in [1.29, 1.82) is 0 Å². The number of halogens is 1. The van der Waals surface area contributed by atoms with Crippen molar-refractivity contribution in [3.8, 4) is 23.0 Å². The highest BCUT2D eigenvalue weighted by atomic mass is 19.1. The van der Waals surface area contributed by atoms with Gasteiger partial charge in [-0.15, -0.1) is 0 Å². The van der Waals surface area contributed by atoms with Crippen molar-refractivity contribution in [1.82, 2.24) is 25.0 Å². The molecule has 0 radical (unpaired) electrons. The Hall–Kier alpha value is -3.81. The Labute approximate surface area is 166 Å². The van der Waals surface area contributed by atoms with Gasteiger partial charge in [0.2, 0.25) is 11.7 Å². The van der Waals surface area contributed by atoms with Crippen LogP contribution in [0.1, 0.15) is 11.1 Å². The summed E-state index contributed by atoms with van der Waals surface area (Å²) in [4.78, 5) is 20.7. The predicted octanol–water partition coefficient (Wildman–Crippen LogP) is 3.36. The molecule has 146 valence electrons. The molecule has 2 heterocycles. The van der Waals surface area contributed by atoms with E-state index in [1.54, 1.807) is 22.9 Å². The van der Waals surface area contributed by atoms with E-state index < -0.39 is 0 Å². The summed E-state index contributed by atoms with van der Waals surface area (Å²) in [5.74, 6) is -0.0552. The first-order valence-electron chi connectivity index (χ1n) is 9.01. The van der Waals surface area contributed by atoms with E-state index in [4.69, 9.17) is 4.52 Å². The van der Waals surface area contributed by atoms with Gasteiger partial charge in [-0.1, -0.05) is 41.1 Å². The molecule has 2 aromatic carbocycles. The zero-order valence-electron chi connectivity index (χ0n) is 15.7. The molecule has 29 heavy (non-hydrogen) atoms. The number of aromatic nitrogens is 4. The summed E-state index contributed by atoms with van der Waals surface area (Å²) in [7, 11) is 0. The van der Waals surface area contributed by atoms with Gasteiger partial charge in [-0.25, -0.2) is 9.37 Å². The molecule has 1 amide bonds. The molecule has 0 fully saturated rings. The normalized spacial score (nSPS) is 10.8. The largest absolute Gasteiger partial charge is 0.350 e. The highest BCUT2D eigenvalue weighted by Gasteiger charge is 2.14. The molecule has 8 heteroatoms. The first kappa shape index (κ1) is 18.5. The molecule has 0 unspecified atom stereocenters. The van der Waals surface area contributed by atoms with Crippen molar-refractivity contribution in [3.63, 3.8) is 0 Å². The molecule has 4 rings (SSSR count). The number of carbonyl (C=O) groups excluding carboxylic acids is 1. The summed E-state index contributed by atoms with van der Waals surface area (Å²) in [6.45, 7) is 2.59. The maximum Gasteiger partial charge on any atom is 0.258 e. The molecular formula is C21H18FN5O2. The number of carbonyl (C=O) groups is 1. The van der Waals surface area contributed by atoms with E-state index in [0.29, 0.717) is 17.8 Å². The molecule has 1 N–H and O–H groups in total. The Morgan fingerprint density at radius 3 is 2.90 bits per heavy atom. The number of nitrogens with zero attached hydrogens (tertiary/aromatic N) is 4. The second-order valence-corrected chi connectivity index (χ2v) is 6.63. The summed E-state index contributed by atoms with van der Waals surface area (Å²) >= 11 is 0. The van der Waals surface area contributed by atoms with Crippen LogP contribution in [0.5, 0.6) is 0 Å². The molecule has 0 aliphatic heterocycles. The molecule has 0 aliphatic rings. The van der Waals surface area contributed by atoms with Crippen LogP contribution in [0.2, 0.25) is 0 Å². The standard InChI is InChI=1S/C21H18FN5O2/c1-14-4-2-5-15(8-14)10-23-19(28)12-27-11-18(24-13-27)20-25-21(29-26-20)16-6-3-7-17(22)9-16/h2-9,11,13H,10,12H2,1H3,(H,23,28). The molecular weight excluding hydrogens is 373 g/mol. The van der Waals surface area contributed by atoms with Crippen LogP contribution in [0.3, 0.4) is 0 Å². The zero-order valence-corrected chi connectivity index (χ0v) is 15.7. The highest BCUT2D eigenvalue weighted by Crippen LogP contribution is 2.21. The van der Waals surface area contributed by atoms with Crippen molar-refractivity contribution in [2.75, 3.05) is 0 Å². The van der Waals surface area contributed by atoms with Gasteiger partial charge in [0.1, 0.15) is 18.1 Å². The molecule has 0 atom stereocenters. The molecule has 4 aromatic rings. The summed E-state index contributed by atoms with van der Waals surface area (Å²) < 4.78 is 20.2. The number of aryl methyl sites for hydroxylation is 1. The fourth-order valence-corrected chi connectivity index (χ4v) is 2.87. The van der Waals surface area contributed by atoms with E-state index in [-0.39, 0.29) is 30.0 Å². The lowest BCUT2D eigenvalue weighted by atomic mass is 10.1. The third-order valence-electron chi connectivity index (χ3n) is 4.26. The third kappa shape index (κ3) is 4.55. The molecule has 2 aromatic heterocycles. The minimum Gasteiger partial charge on any atom is -0.350 e. The minimum atomic E-state index is -0.386. The van der Waals surface area contributed by atoms with E-state index in [1.165, 1.54) is 18.5 Å². The van der Waals surface area contributed by atoms with Crippen molar-refractivity contribution in [2.24, 2.45) is 0 Å². The van der Waals surface area contributed by atoms with Crippen LogP contribution in [0, 0.1) is 12.7 Å². The molecule has 0 spiro atoms. The maximum atomic E-state index is 13.4. The van der Waals surface area contributed by atoms with E-state index in [2.05, 4.69) is 20.4 Å². The second-order valence-electron chi connectivity index (χ2n) is 6.63. The van der Waals surface area contributed by atoms with Crippen LogP contribution in [-0.2, 0) is 17.9 Å². The SMILES string of the molecule is Cc1cccc(CNC(=O)Cn2cnc(-c3noc(-c4cccc(F)c4)n3)c2)c1. The second kappa shape index (κ2) is 8.05. The zero-order chi connectivity index (χ0) is 20.2. The number of benzene rings is 2.